The van der Waals surface area contributed by atoms with Crippen LogP contribution in [-0.2, 0) is 6.42 Å². The molecular weight excluding hydrogens is 265 g/mol. The Bertz CT molecular complexity index is 561. The molecule has 0 saturated heterocycles. The number of hydrogen-bond donors (Lipinski definition) is 1. The smallest absolute Gasteiger partial charge is 0.123 e. The minimum Gasteiger partial charge on any atom is -0.330 e. The normalized spacial score (nSPS) is 12.8. The summed E-state index contributed by atoms with van der Waals surface area (Å²) in [5.74, 6) is -0.112. The lowest BCUT2D eigenvalue weighted by molar-refractivity contribution is 0.424. The second kappa shape index (κ2) is 7.36. The summed E-state index contributed by atoms with van der Waals surface area (Å²) < 4.78 is 15.4. The molecule has 0 spiro atoms. The molecule has 0 fully saturated rings. The molecular formula is C17H24FN3. The molecule has 2 aromatic rings. The van der Waals surface area contributed by atoms with Crippen molar-refractivity contribution in [3.8, 4) is 0 Å². The summed E-state index contributed by atoms with van der Waals surface area (Å²) in [6, 6.07) is 9.17. The van der Waals surface area contributed by atoms with Crippen LogP contribution in [0, 0.1) is 5.82 Å². The van der Waals surface area contributed by atoms with Gasteiger partial charge in [0.05, 0.1) is 11.7 Å². The SMILES string of the molecule is CCC(CC)n1ccc(CC(CN)c2cccc(F)c2)n1. The molecule has 21 heavy (non-hydrogen) atoms. The first-order valence-corrected chi connectivity index (χ1v) is 7.67. The van der Waals surface area contributed by atoms with Crippen molar-refractivity contribution >= 4 is 0 Å². The topological polar surface area (TPSA) is 43.8 Å². The minimum atomic E-state index is -0.214. The van der Waals surface area contributed by atoms with Gasteiger partial charge < -0.3 is 5.73 Å². The number of halogens is 1. The zero-order chi connectivity index (χ0) is 15.2. The quantitative estimate of drug-likeness (QED) is 0.845. The van der Waals surface area contributed by atoms with E-state index < -0.39 is 0 Å². The van der Waals surface area contributed by atoms with Crippen molar-refractivity contribution in [2.24, 2.45) is 5.73 Å². The van der Waals surface area contributed by atoms with Gasteiger partial charge in [-0.1, -0.05) is 26.0 Å². The van der Waals surface area contributed by atoms with Crippen LogP contribution < -0.4 is 5.73 Å². The maximum Gasteiger partial charge on any atom is 0.123 e. The molecule has 1 unspecified atom stereocenters. The van der Waals surface area contributed by atoms with Crippen molar-refractivity contribution < 1.29 is 4.39 Å². The second-order valence-corrected chi connectivity index (χ2v) is 5.45. The highest BCUT2D eigenvalue weighted by atomic mass is 19.1. The Morgan fingerprint density at radius 1 is 1.24 bits per heavy atom. The molecule has 0 radical (unpaired) electrons. The highest BCUT2D eigenvalue weighted by molar-refractivity contribution is 5.23. The first-order chi connectivity index (χ1) is 10.2. The lowest BCUT2D eigenvalue weighted by Crippen LogP contribution is -2.16. The van der Waals surface area contributed by atoms with Crippen molar-refractivity contribution in [3.63, 3.8) is 0 Å². The Kier molecular flexibility index (Phi) is 5.51. The van der Waals surface area contributed by atoms with Gasteiger partial charge in [0.2, 0.25) is 0 Å². The van der Waals surface area contributed by atoms with Gasteiger partial charge in [0, 0.05) is 12.1 Å². The van der Waals surface area contributed by atoms with E-state index in [1.165, 1.54) is 6.07 Å². The fourth-order valence-electron chi connectivity index (χ4n) is 2.70. The summed E-state index contributed by atoms with van der Waals surface area (Å²) in [6.45, 7) is 4.83. The Balaban J connectivity index is 2.12. The van der Waals surface area contributed by atoms with Crippen LogP contribution in [0.5, 0.6) is 0 Å². The third kappa shape index (κ3) is 3.91. The number of nitrogens with zero attached hydrogens (tertiary/aromatic N) is 2. The van der Waals surface area contributed by atoms with Crippen LogP contribution in [-0.4, -0.2) is 16.3 Å². The number of benzene rings is 1. The average Bonchev–Trinajstić information content (AvgIpc) is 2.94. The summed E-state index contributed by atoms with van der Waals surface area (Å²) in [6.07, 6.45) is 4.92. The predicted molar refractivity (Wildman–Crippen MR) is 83.7 cm³/mol. The van der Waals surface area contributed by atoms with Crippen LogP contribution >= 0.6 is 0 Å². The first-order valence-electron chi connectivity index (χ1n) is 7.67. The third-order valence-electron chi connectivity index (χ3n) is 4.04. The maximum atomic E-state index is 13.3. The molecule has 4 heteroatoms. The van der Waals surface area contributed by atoms with Crippen molar-refractivity contribution in [2.45, 2.75) is 45.1 Å². The van der Waals surface area contributed by atoms with Crippen LogP contribution in [0.3, 0.4) is 0 Å². The molecule has 1 heterocycles. The van der Waals surface area contributed by atoms with Gasteiger partial charge in [-0.3, -0.25) is 4.68 Å². The molecule has 0 aliphatic heterocycles. The van der Waals surface area contributed by atoms with Gasteiger partial charge in [0.15, 0.2) is 0 Å². The Hall–Kier alpha value is -1.68. The minimum absolute atomic E-state index is 0.103. The standard InChI is InChI=1S/C17H24FN3/c1-3-17(4-2)21-9-8-16(20-21)11-14(12-19)13-6-5-7-15(18)10-13/h5-10,14,17H,3-4,11-12,19H2,1-2H3. The molecule has 1 atom stereocenters. The van der Waals surface area contributed by atoms with Crippen molar-refractivity contribution in [3.05, 3.63) is 53.6 Å². The van der Waals surface area contributed by atoms with Crippen molar-refractivity contribution in [1.29, 1.82) is 0 Å². The van der Waals surface area contributed by atoms with Crippen LogP contribution in [0.25, 0.3) is 0 Å². The molecule has 0 aliphatic carbocycles. The van der Waals surface area contributed by atoms with Gasteiger partial charge in [0.1, 0.15) is 5.82 Å². The molecule has 0 bridgehead atoms. The average molecular weight is 289 g/mol. The van der Waals surface area contributed by atoms with E-state index in [1.54, 1.807) is 12.1 Å². The van der Waals surface area contributed by atoms with Gasteiger partial charge in [0.25, 0.3) is 0 Å². The van der Waals surface area contributed by atoms with Crippen LogP contribution in [0.15, 0.2) is 36.5 Å². The highest BCUT2D eigenvalue weighted by Gasteiger charge is 2.14. The number of nitrogens with two attached hydrogens (primary N) is 1. The third-order valence-corrected chi connectivity index (χ3v) is 4.04. The lowest BCUT2D eigenvalue weighted by Gasteiger charge is -2.15. The Morgan fingerprint density at radius 2 is 2.00 bits per heavy atom. The van der Waals surface area contributed by atoms with Gasteiger partial charge in [-0.15, -0.1) is 0 Å². The number of aromatic nitrogens is 2. The van der Waals surface area contributed by atoms with Gasteiger partial charge in [-0.05, 0) is 49.6 Å². The summed E-state index contributed by atoms with van der Waals surface area (Å²) in [4.78, 5) is 0. The Labute approximate surface area is 126 Å². The van der Waals surface area contributed by atoms with Gasteiger partial charge in [-0.2, -0.15) is 5.10 Å². The van der Waals surface area contributed by atoms with E-state index in [0.29, 0.717) is 12.6 Å². The maximum absolute atomic E-state index is 13.3. The van der Waals surface area contributed by atoms with E-state index in [9.17, 15) is 4.39 Å². The van der Waals surface area contributed by atoms with Crippen molar-refractivity contribution in [2.75, 3.05) is 6.54 Å². The molecule has 2 N–H and O–H groups in total. The summed E-state index contributed by atoms with van der Waals surface area (Å²) in [7, 11) is 0. The molecule has 1 aromatic carbocycles. The Morgan fingerprint density at radius 3 is 2.62 bits per heavy atom. The predicted octanol–water partition coefficient (Wildman–Crippen LogP) is 3.67. The monoisotopic (exact) mass is 289 g/mol. The molecule has 2 rings (SSSR count). The highest BCUT2D eigenvalue weighted by Crippen LogP contribution is 2.21. The van der Waals surface area contributed by atoms with Gasteiger partial charge in [-0.25, -0.2) is 4.39 Å². The van der Waals surface area contributed by atoms with E-state index >= 15 is 0 Å². The van der Waals surface area contributed by atoms with E-state index in [4.69, 9.17) is 5.73 Å². The zero-order valence-electron chi connectivity index (χ0n) is 12.8. The van der Waals surface area contributed by atoms with Crippen LogP contribution in [0.1, 0.15) is 49.9 Å². The van der Waals surface area contributed by atoms with E-state index in [0.717, 1.165) is 30.5 Å². The number of rotatable bonds is 7. The van der Waals surface area contributed by atoms with Gasteiger partial charge >= 0.3 is 0 Å². The zero-order valence-corrected chi connectivity index (χ0v) is 12.8. The number of hydrogen-bond acceptors (Lipinski definition) is 2. The largest absolute Gasteiger partial charge is 0.330 e. The van der Waals surface area contributed by atoms with Crippen LogP contribution in [0.2, 0.25) is 0 Å². The molecule has 0 aliphatic rings. The van der Waals surface area contributed by atoms with E-state index in [1.807, 2.05) is 23.0 Å². The second-order valence-electron chi connectivity index (χ2n) is 5.45. The van der Waals surface area contributed by atoms with E-state index in [2.05, 4.69) is 18.9 Å². The fourth-order valence-corrected chi connectivity index (χ4v) is 2.70. The molecule has 1 aromatic heterocycles. The van der Waals surface area contributed by atoms with Crippen molar-refractivity contribution in [1.82, 2.24) is 9.78 Å². The fraction of sp³-hybridized carbons (Fsp3) is 0.471. The molecule has 0 saturated carbocycles. The van der Waals surface area contributed by atoms with Crippen LogP contribution in [0.4, 0.5) is 4.39 Å². The van der Waals surface area contributed by atoms with E-state index in [-0.39, 0.29) is 11.7 Å². The molecule has 0 amide bonds. The first kappa shape index (κ1) is 15.7. The lowest BCUT2D eigenvalue weighted by atomic mass is 9.94. The summed E-state index contributed by atoms with van der Waals surface area (Å²) >= 11 is 0. The summed E-state index contributed by atoms with van der Waals surface area (Å²) in [5.41, 5.74) is 7.82. The molecule has 114 valence electrons. The summed E-state index contributed by atoms with van der Waals surface area (Å²) in [5, 5.41) is 4.66. The molecule has 3 nitrogen and oxygen atoms in total.